The number of unbranched alkanes of at least 4 members (excludes halogenated alkanes) is 1. The van der Waals surface area contributed by atoms with Gasteiger partial charge in [-0.25, -0.2) is 14.4 Å². The van der Waals surface area contributed by atoms with Crippen molar-refractivity contribution in [3.63, 3.8) is 0 Å². The molecular weight excluding hydrogens is 333 g/mol. The van der Waals surface area contributed by atoms with Gasteiger partial charge < -0.3 is 15.1 Å². The number of anilines is 2. The van der Waals surface area contributed by atoms with Gasteiger partial charge in [-0.3, -0.25) is 4.79 Å². The van der Waals surface area contributed by atoms with Gasteiger partial charge in [0.2, 0.25) is 5.95 Å². The number of hydrogen-bond donors (Lipinski definition) is 1. The molecule has 1 aromatic heterocycles. The summed E-state index contributed by atoms with van der Waals surface area (Å²) < 4.78 is 13.1. The van der Waals surface area contributed by atoms with E-state index in [2.05, 4.69) is 32.0 Å². The number of nitrogens with zero attached hydrogens (tertiary/aromatic N) is 4. The summed E-state index contributed by atoms with van der Waals surface area (Å²) >= 11 is 0. The summed E-state index contributed by atoms with van der Waals surface area (Å²) in [5.41, 5.74) is 1.41. The molecule has 1 amide bonds. The first-order valence-electron chi connectivity index (χ1n) is 9.04. The number of carbonyl (C=O) groups is 1. The number of carbonyl (C=O) groups excluding carboxylic acids is 1. The lowest BCUT2D eigenvalue weighted by Crippen LogP contribution is -2.47. The van der Waals surface area contributed by atoms with Crippen LogP contribution in [0.25, 0.3) is 0 Å². The summed E-state index contributed by atoms with van der Waals surface area (Å²) in [6.07, 6.45) is 3.62. The van der Waals surface area contributed by atoms with E-state index in [0.29, 0.717) is 18.2 Å². The lowest BCUT2D eigenvalue weighted by Gasteiger charge is -2.36. The average molecular weight is 357 g/mol. The molecule has 1 N–H and O–H groups in total. The van der Waals surface area contributed by atoms with Crippen LogP contribution in [0, 0.1) is 5.82 Å². The fourth-order valence-electron chi connectivity index (χ4n) is 2.91. The van der Waals surface area contributed by atoms with E-state index in [1.807, 2.05) is 0 Å². The van der Waals surface area contributed by atoms with Crippen LogP contribution in [0.4, 0.5) is 16.0 Å². The van der Waals surface area contributed by atoms with Gasteiger partial charge in [-0.2, -0.15) is 0 Å². The van der Waals surface area contributed by atoms with Gasteiger partial charge in [0.05, 0.1) is 0 Å². The quantitative estimate of drug-likeness (QED) is 0.805. The predicted molar refractivity (Wildman–Crippen MR) is 100 cm³/mol. The summed E-state index contributed by atoms with van der Waals surface area (Å²) in [5.74, 6) is 0.189. The van der Waals surface area contributed by atoms with Gasteiger partial charge in [0.25, 0.3) is 5.91 Å². The monoisotopic (exact) mass is 357 g/mol. The standard InChI is InChI=1S/C19H24FN5O/c1-2-3-9-21-18(26)17-8-10-22-19(23-17)25-13-11-24(12-14-25)16-6-4-15(20)5-7-16/h4-8,10H,2-3,9,11-14H2,1H3,(H,21,26). The van der Waals surface area contributed by atoms with Crippen LogP contribution in [0.15, 0.2) is 36.5 Å². The third kappa shape index (κ3) is 4.47. The van der Waals surface area contributed by atoms with E-state index in [9.17, 15) is 9.18 Å². The molecule has 0 aliphatic carbocycles. The molecule has 0 spiro atoms. The molecule has 1 saturated heterocycles. The number of halogens is 1. The van der Waals surface area contributed by atoms with Gasteiger partial charge in [-0.15, -0.1) is 0 Å². The van der Waals surface area contributed by atoms with Gasteiger partial charge in [-0.05, 0) is 36.8 Å². The molecule has 3 rings (SSSR count). The molecule has 138 valence electrons. The summed E-state index contributed by atoms with van der Waals surface area (Å²) in [5, 5.41) is 2.88. The second kappa shape index (κ2) is 8.60. The van der Waals surface area contributed by atoms with E-state index in [-0.39, 0.29) is 11.7 Å². The van der Waals surface area contributed by atoms with Crippen LogP contribution >= 0.6 is 0 Å². The molecule has 6 nitrogen and oxygen atoms in total. The van der Waals surface area contributed by atoms with Crippen LogP contribution in [-0.4, -0.2) is 48.6 Å². The highest BCUT2D eigenvalue weighted by atomic mass is 19.1. The largest absolute Gasteiger partial charge is 0.368 e. The summed E-state index contributed by atoms with van der Waals surface area (Å²) in [6, 6.07) is 8.18. The van der Waals surface area contributed by atoms with E-state index >= 15 is 0 Å². The Morgan fingerprint density at radius 3 is 2.50 bits per heavy atom. The van der Waals surface area contributed by atoms with Crippen molar-refractivity contribution in [2.75, 3.05) is 42.5 Å². The molecule has 0 saturated carbocycles. The Morgan fingerprint density at radius 1 is 1.12 bits per heavy atom. The fourth-order valence-corrected chi connectivity index (χ4v) is 2.91. The van der Waals surface area contributed by atoms with Crippen LogP contribution < -0.4 is 15.1 Å². The Balaban J connectivity index is 1.59. The average Bonchev–Trinajstić information content (AvgIpc) is 2.69. The maximum absolute atomic E-state index is 13.1. The zero-order chi connectivity index (χ0) is 18.4. The zero-order valence-electron chi connectivity index (χ0n) is 15.0. The van der Waals surface area contributed by atoms with Gasteiger partial charge in [0.1, 0.15) is 11.5 Å². The minimum absolute atomic E-state index is 0.160. The zero-order valence-corrected chi connectivity index (χ0v) is 15.0. The highest BCUT2D eigenvalue weighted by Gasteiger charge is 2.20. The van der Waals surface area contributed by atoms with Crippen LogP contribution in [0.5, 0.6) is 0 Å². The smallest absolute Gasteiger partial charge is 0.270 e. The third-order valence-electron chi connectivity index (χ3n) is 4.45. The van der Waals surface area contributed by atoms with E-state index in [4.69, 9.17) is 0 Å². The lowest BCUT2D eigenvalue weighted by molar-refractivity contribution is 0.0948. The highest BCUT2D eigenvalue weighted by molar-refractivity contribution is 5.92. The van der Waals surface area contributed by atoms with Gasteiger partial charge in [0, 0.05) is 44.6 Å². The van der Waals surface area contributed by atoms with Crippen molar-refractivity contribution in [3.05, 3.63) is 48.0 Å². The van der Waals surface area contributed by atoms with Crippen molar-refractivity contribution in [3.8, 4) is 0 Å². The summed E-state index contributed by atoms with van der Waals surface area (Å²) in [4.78, 5) is 25.2. The molecule has 0 radical (unpaired) electrons. The Morgan fingerprint density at radius 2 is 1.81 bits per heavy atom. The van der Waals surface area contributed by atoms with Crippen molar-refractivity contribution >= 4 is 17.5 Å². The Hall–Kier alpha value is -2.70. The minimum Gasteiger partial charge on any atom is -0.368 e. The van der Waals surface area contributed by atoms with Crippen molar-refractivity contribution < 1.29 is 9.18 Å². The molecule has 1 aromatic carbocycles. The number of rotatable bonds is 6. The van der Waals surface area contributed by atoms with E-state index in [1.54, 1.807) is 24.4 Å². The molecule has 7 heteroatoms. The van der Waals surface area contributed by atoms with Crippen molar-refractivity contribution in [2.24, 2.45) is 0 Å². The number of nitrogens with one attached hydrogen (secondary N) is 1. The first-order chi connectivity index (χ1) is 12.7. The molecule has 2 aromatic rings. The predicted octanol–water partition coefficient (Wildman–Crippen LogP) is 2.47. The van der Waals surface area contributed by atoms with E-state index in [0.717, 1.165) is 44.7 Å². The number of hydrogen-bond acceptors (Lipinski definition) is 5. The molecule has 1 fully saturated rings. The molecule has 0 atom stereocenters. The number of benzene rings is 1. The number of aromatic nitrogens is 2. The highest BCUT2D eigenvalue weighted by Crippen LogP contribution is 2.18. The fraction of sp³-hybridized carbons (Fsp3) is 0.421. The van der Waals surface area contributed by atoms with Crippen LogP contribution in [0.1, 0.15) is 30.3 Å². The molecule has 26 heavy (non-hydrogen) atoms. The first kappa shape index (κ1) is 18.1. The van der Waals surface area contributed by atoms with Crippen LogP contribution in [0.3, 0.4) is 0 Å². The van der Waals surface area contributed by atoms with E-state index in [1.165, 1.54) is 12.1 Å². The van der Waals surface area contributed by atoms with Crippen LogP contribution in [0.2, 0.25) is 0 Å². The Bertz CT molecular complexity index is 729. The molecule has 0 unspecified atom stereocenters. The number of amides is 1. The second-order valence-corrected chi connectivity index (χ2v) is 6.30. The van der Waals surface area contributed by atoms with Crippen molar-refractivity contribution in [1.29, 1.82) is 0 Å². The van der Waals surface area contributed by atoms with Gasteiger partial charge in [-0.1, -0.05) is 13.3 Å². The normalized spacial score (nSPS) is 14.4. The second-order valence-electron chi connectivity index (χ2n) is 6.30. The molecule has 1 aliphatic heterocycles. The Labute approximate surface area is 153 Å². The minimum atomic E-state index is -0.227. The SMILES string of the molecule is CCCCNC(=O)c1ccnc(N2CCN(c3ccc(F)cc3)CC2)n1. The number of piperazine rings is 1. The Kier molecular flexibility index (Phi) is 5.99. The summed E-state index contributed by atoms with van der Waals surface area (Å²) in [7, 11) is 0. The molecular formula is C19H24FN5O. The van der Waals surface area contributed by atoms with Crippen molar-refractivity contribution in [2.45, 2.75) is 19.8 Å². The molecule has 0 bridgehead atoms. The molecule has 2 heterocycles. The van der Waals surface area contributed by atoms with Crippen LogP contribution in [-0.2, 0) is 0 Å². The van der Waals surface area contributed by atoms with Crippen molar-refractivity contribution in [1.82, 2.24) is 15.3 Å². The maximum Gasteiger partial charge on any atom is 0.270 e. The third-order valence-corrected chi connectivity index (χ3v) is 4.45. The molecule has 1 aliphatic rings. The summed E-state index contributed by atoms with van der Waals surface area (Å²) in [6.45, 7) is 5.83. The maximum atomic E-state index is 13.1. The van der Waals surface area contributed by atoms with Gasteiger partial charge in [0.15, 0.2) is 0 Å². The first-order valence-corrected chi connectivity index (χ1v) is 9.04. The lowest BCUT2D eigenvalue weighted by atomic mass is 10.2. The van der Waals surface area contributed by atoms with E-state index < -0.39 is 0 Å². The van der Waals surface area contributed by atoms with Gasteiger partial charge >= 0.3 is 0 Å². The topological polar surface area (TPSA) is 61.4 Å².